The first-order valence-electron chi connectivity index (χ1n) is 8.04. The van der Waals surface area contributed by atoms with Gasteiger partial charge in [0.05, 0.1) is 17.4 Å². The first kappa shape index (κ1) is 15.0. The van der Waals surface area contributed by atoms with E-state index in [0.29, 0.717) is 0 Å². The molecule has 1 aliphatic heterocycles. The van der Waals surface area contributed by atoms with E-state index in [9.17, 15) is 0 Å². The third-order valence-corrected chi connectivity index (χ3v) is 4.51. The largest absolute Gasteiger partial charge is 0.257 e. The van der Waals surface area contributed by atoms with Crippen molar-refractivity contribution in [3.8, 4) is 0 Å². The van der Waals surface area contributed by atoms with Gasteiger partial charge in [0.25, 0.3) is 0 Å². The summed E-state index contributed by atoms with van der Waals surface area (Å²) in [5, 5.41) is 7.78. The van der Waals surface area contributed by atoms with Crippen molar-refractivity contribution in [2.24, 2.45) is 5.10 Å². The molecule has 0 spiro atoms. The minimum absolute atomic E-state index is 0.197. The van der Waals surface area contributed by atoms with Crippen molar-refractivity contribution in [1.29, 1.82) is 0 Å². The van der Waals surface area contributed by atoms with Crippen LogP contribution in [0.5, 0.6) is 0 Å². The zero-order chi connectivity index (χ0) is 16.4. The molecule has 2 nitrogen and oxygen atoms in total. The highest BCUT2D eigenvalue weighted by Gasteiger charge is 2.29. The molecule has 0 aromatic heterocycles. The summed E-state index contributed by atoms with van der Waals surface area (Å²) in [5.74, 6) is 0. The van der Waals surface area contributed by atoms with Gasteiger partial charge in [-0.25, -0.2) is 0 Å². The fourth-order valence-electron chi connectivity index (χ4n) is 3.11. The molecule has 0 amide bonds. The molecule has 4 rings (SSSR count). The summed E-state index contributed by atoms with van der Waals surface area (Å²) in [7, 11) is 0. The number of benzene rings is 3. The van der Waals surface area contributed by atoms with Gasteiger partial charge in [0, 0.05) is 11.4 Å². The molecule has 1 unspecified atom stereocenters. The van der Waals surface area contributed by atoms with Crippen LogP contribution in [0.1, 0.15) is 23.6 Å². The summed E-state index contributed by atoms with van der Waals surface area (Å²) in [5.41, 5.74) is 4.52. The zero-order valence-corrected chi connectivity index (χ0v) is 13.9. The van der Waals surface area contributed by atoms with Crippen LogP contribution in [0.15, 0.2) is 90.0 Å². The number of para-hydroxylation sites is 1. The Bertz CT molecular complexity index is 859. The summed E-state index contributed by atoms with van der Waals surface area (Å²) in [6, 6.07) is 29.0. The average Bonchev–Trinajstić information content (AvgIpc) is 3.09. The van der Waals surface area contributed by atoms with E-state index in [4.69, 9.17) is 16.7 Å². The Labute approximate surface area is 147 Å². The van der Waals surface area contributed by atoms with Crippen LogP contribution in [0, 0.1) is 0 Å². The molecule has 1 atom stereocenters. The van der Waals surface area contributed by atoms with Crippen molar-refractivity contribution < 1.29 is 0 Å². The first-order valence-corrected chi connectivity index (χ1v) is 8.42. The maximum Gasteiger partial charge on any atom is 0.0831 e. The van der Waals surface area contributed by atoms with Crippen LogP contribution in [0.25, 0.3) is 0 Å². The second-order valence-electron chi connectivity index (χ2n) is 5.87. The molecule has 0 saturated carbocycles. The number of hydrogen-bond acceptors (Lipinski definition) is 2. The van der Waals surface area contributed by atoms with Crippen LogP contribution in [0.2, 0.25) is 5.02 Å². The van der Waals surface area contributed by atoms with Crippen LogP contribution < -0.4 is 5.01 Å². The van der Waals surface area contributed by atoms with E-state index >= 15 is 0 Å². The standard InChI is InChI=1S/C21H17ClN2/c22-18-11-7-10-17(14-18)20-15-21(16-8-3-1-4-9-16)24(23-20)19-12-5-2-6-13-19/h1-14,21H,15H2. The van der Waals surface area contributed by atoms with Crippen molar-refractivity contribution >= 4 is 23.0 Å². The van der Waals surface area contributed by atoms with Gasteiger partial charge in [-0.3, -0.25) is 5.01 Å². The van der Waals surface area contributed by atoms with E-state index in [1.807, 2.05) is 42.5 Å². The van der Waals surface area contributed by atoms with Gasteiger partial charge < -0.3 is 0 Å². The summed E-state index contributed by atoms with van der Waals surface area (Å²) in [6.07, 6.45) is 0.860. The molecular formula is C21H17ClN2. The number of hydrogen-bond donors (Lipinski definition) is 0. The van der Waals surface area contributed by atoms with Crippen molar-refractivity contribution in [3.05, 3.63) is 101 Å². The number of rotatable bonds is 3. The number of nitrogens with zero attached hydrogens (tertiary/aromatic N) is 2. The van der Waals surface area contributed by atoms with Gasteiger partial charge in [0.15, 0.2) is 0 Å². The SMILES string of the molecule is Clc1cccc(C2=NN(c3ccccc3)C(c3ccccc3)C2)c1. The number of anilines is 1. The van der Waals surface area contributed by atoms with Gasteiger partial charge in [-0.2, -0.15) is 5.10 Å². The van der Waals surface area contributed by atoms with Crippen molar-refractivity contribution in [1.82, 2.24) is 0 Å². The Balaban J connectivity index is 1.76. The Morgan fingerprint density at radius 3 is 2.25 bits per heavy atom. The normalized spacial score (nSPS) is 17.0. The second kappa shape index (κ2) is 6.50. The quantitative estimate of drug-likeness (QED) is 0.601. The maximum absolute atomic E-state index is 6.16. The second-order valence-corrected chi connectivity index (χ2v) is 6.30. The molecule has 24 heavy (non-hydrogen) atoms. The lowest BCUT2D eigenvalue weighted by Crippen LogP contribution is -2.18. The van der Waals surface area contributed by atoms with E-state index in [-0.39, 0.29) is 6.04 Å². The topological polar surface area (TPSA) is 15.6 Å². The van der Waals surface area contributed by atoms with Gasteiger partial charge in [0.2, 0.25) is 0 Å². The summed E-state index contributed by atoms with van der Waals surface area (Å²) in [4.78, 5) is 0. The highest BCUT2D eigenvalue weighted by atomic mass is 35.5. The fraction of sp³-hybridized carbons (Fsp3) is 0.0952. The van der Waals surface area contributed by atoms with Gasteiger partial charge in [-0.1, -0.05) is 72.3 Å². The molecule has 0 bridgehead atoms. The third-order valence-electron chi connectivity index (χ3n) is 4.27. The Hall–Kier alpha value is -2.58. The monoisotopic (exact) mass is 332 g/mol. The predicted molar refractivity (Wildman–Crippen MR) is 101 cm³/mol. The smallest absolute Gasteiger partial charge is 0.0831 e. The average molecular weight is 333 g/mol. The molecule has 0 radical (unpaired) electrons. The van der Waals surface area contributed by atoms with Crippen LogP contribution in [-0.2, 0) is 0 Å². The van der Waals surface area contributed by atoms with Gasteiger partial charge in [-0.05, 0) is 35.4 Å². The van der Waals surface area contributed by atoms with Crippen LogP contribution >= 0.6 is 11.6 Å². The van der Waals surface area contributed by atoms with Gasteiger partial charge >= 0.3 is 0 Å². The molecule has 3 aromatic carbocycles. The molecule has 0 fully saturated rings. The minimum Gasteiger partial charge on any atom is -0.257 e. The maximum atomic E-state index is 6.16. The lowest BCUT2D eigenvalue weighted by Gasteiger charge is -2.23. The fourth-order valence-corrected chi connectivity index (χ4v) is 3.30. The lowest BCUT2D eigenvalue weighted by molar-refractivity contribution is 0.709. The van der Waals surface area contributed by atoms with Crippen LogP contribution in [0.4, 0.5) is 5.69 Å². The summed E-state index contributed by atoms with van der Waals surface area (Å²) in [6.45, 7) is 0. The highest BCUT2D eigenvalue weighted by molar-refractivity contribution is 6.31. The predicted octanol–water partition coefficient (Wildman–Crippen LogP) is 5.70. The number of halogens is 1. The van der Waals surface area contributed by atoms with E-state index < -0.39 is 0 Å². The van der Waals surface area contributed by atoms with E-state index in [0.717, 1.165) is 28.4 Å². The molecule has 3 heteroatoms. The van der Waals surface area contributed by atoms with Crippen molar-refractivity contribution in [2.45, 2.75) is 12.5 Å². The molecule has 0 N–H and O–H groups in total. The molecular weight excluding hydrogens is 316 g/mol. The van der Waals surface area contributed by atoms with E-state index in [1.54, 1.807) is 0 Å². The number of hydrazone groups is 1. The van der Waals surface area contributed by atoms with Crippen LogP contribution in [0.3, 0.4) is 0 Å². The van der Waals surface area contributed by atoms with Crippen molar-refractivity contribution in [2.75, 3.05) is 5.01 Å². The van der Waals surface area contributed by atoms with E-state index in [1.165, 1.54) is 5.56 Å². The Kier molecular flexibility index (Phi) is 4.06. The Morgan fingerprint density at radius 1 is 0.833 bits per heavy atom. The molecule has 1 aliphatic rings. The highest BCUT2D eigenvalue weighted by Crippen LogP contribution is 2.36. The third kappa shape index (κ3) is 2.93. The van der Waals surface area contributed by atoms with Gasteiger partial charge in [-0.15, -0.1) is 0 Å². The molecule has 1 heterocycles. The lowest BCUT2D eigenvalue weighted by atomic mass is 9.98. The van der Waals surface area contributed by atoms with Gasteiger partial charge in [0.1, 0.15) is 0 Å². The Morgan fingerprint density at radius 2 is 1.54 bits per heavy atom. The molecule has 3 aromatic rings. The summed E-state index contributed by atoms with van der Waals surface area (Å²) < 4.78 is 0. The molecule has 0 aliphatic carbocycles. The zero-order valence-electron chi connectivity index (χ0n) is 13.1. The van der Waals surface area contributed by atoms with E-state index in [2.05, 4.69) is 47.5 Å². The summed E-state index contributed by atoms with van der Waals surface area (Å²) >= 11 is 6.16. The minimum atomic E-state index is 0.197. The first-order chi connectivity index (χ1) is 11.8. The molecule has 0 saturated heterocycles. The molecule has 118 valence electrons. The van der Waals surface area contributed by atoms with Crippen LogP contribution in [-0.4, -0.2) is 5.71 Å². The van der Waals surface area contributed by atoms with Crippen molar-refractivity contribution in [3.63, 3.8) is 0 Å².